The highest BCUT2D eigenvalue weighted by Gasteiger charge is 2.16. The number of benzene rings is 1. The first-order valence-electron chi connectivity index (χ1n) is 9.13. The van der Waals surface area contributed by atoms with Crippen molar-refractivity contribution in [1.29, 1.82) is 0 Å². The zero-order valence-electron chi connectivity index (χ0n) is 15.7. The van der Waals surface area contributed by atoms with Gasteiger partial charge in [0.25, 0.3) is 0 Å². The second-order valence-corrected chi connectivity index (χ2v) is 8.37. The molecular weight excluding hydrogens is 378 g/mol. The number of piperidine rings is 1. The van der Waals surface area contributed by atoms with Crippen LogP contribution < -0.4 is 10.6 Å². The van der Waals surface area contributed by atoms with Gasteiger partial charge in [0.2, 0.25) is 0 Å². The van der Waals surface area contributed by atoms with Crippen molar-refractivity contribution >= 4 is 45.3 Å². The van der Waals surface area contributed by atoms with Crippen LogP contribution in [0.15, 0.2) is 30.3 Å². The fraction of sp³-hybridized carbons (Fsp3) is 0.400. The van der Waals surface area contributed by atoms with Gasteiger partial charge in [-0.25, -0.2) is 4.79 Å². The molecule has 2 heterocycles. The van der Waals surface area contributed by atoms with E-state index in [1.807, 2.05) is 19.1 Å². The van der Waals surface area contributed by atoms with Crippen molar-refractivity contribution in [2.45, 2.75) is 32.7 Å². The molecule has 0 radical (unpaired) electrons. The van der Waals surface area contributed by atoms with E-state index in [2.05, 4.69) is 27.7 Å². The summed E-state index contributed by atoms with van der Waals surface area (Å²) in [5, 5.41) is 7.42. The molecule has 3 rings (SSSR count). The molecule has 0 bridgehead atoms. The zero-order valence-corrected chi connectivity index (χ0v) is 17.3. The average Bonchev–Trinajstić information content (AvgIpc) is 3.03. The van der Waals surface area contributed by atoms with Crippen LogP contribution in [0.1, 0.15) is 40.1 Å². The molecule has 27 heavy (non-hydrogen) atoms. The van der Waals surface area contributed by atoms with Gasteiger partial charge in [0, 0.05) is 17.1 Å². The number of carbonyl (C=O) groups excluding carboxylic acids is 1. The van der Waals surface area contributed by atoms with Crippen LogP contribution in [0.4, 0.5) is 10.7 Å². The van der Waals surface area contributed by atoms with Crippen molar-refractivity contribution in [2.75, 3.05) is 30.8 Å². The molecule has 0 amide bonds. The maximum Gasteiger partial charge on any atom is 0.340 e. The lowest BCUT2D eigenvalue weighted by Crippen LogP contribution is -2.29. The van der Waals surface area contributed by atoms with Gasteiger partial charge >= 0.3 is 5.97 Å². The van der Waals surface area contributed by atoms with E-state index in [1.54, 1.807) is 6.07 Å². The largest absolute Gasteiger partial charge is 0.465 e. The van der Waals surface area contributed by atoms with E-state index in [1.165, 1.54) is 56.4 Å². The Morgan fingerprint density at radius 3 is 2.56 bits per heavy atom. The summed E-state index contributed by atoms with van der Waals surface area (Å²) in [5.74, 6) is -0.369. The van der Waals surface area contributed by atoms with Crippen LogP contribution in [0.2, 0.25) is 0 Å². The van der Waals surface area contributed by atoms with Gasteiger partial charge in [-0.05, 0) is 68.8 Å². The van der Waals surface area contributed by atoms with Crippen molar-refractivity contribution < 1.29 is 9.53 Å². The molecule has 1 saturated heterocycles. The molecule has 0 saturated carbocycles. The maximum atomic E-state index is 11.9. The van der Waals surface area contributed by atoms with E-state index < -0.39 is 0 Å². The molecule has 2 aromatic rings. The SMILES string of the molecule is COC(=O)c1cc(C)sc1NC(=S)Nc1ccc(CN2CCCCC2)cc1. The van der Waals surface area contributed by atoms with Crippen LogP contribution in [-0.4, -0.2) is 36.2 Å². The first kappa shape index (κ1) is 19.8. The number of carbonyl (C=O) groups is 1. The number of rotatable bonds is 5. The fourth-order valence-electron chi connectivity index (χ4n) is 3.20. The molecule has 0 atom stereocenters. The zero-order chi connectivity index (χ0) is 19.2. The Hall–Kier alpha value is -1.96. The number of methoxy groups -OCH3 is 1. The van der Waals surface area contributed by atoms with E-state index in [4.69, 9.17) is 17.0 Å². The molecule has 1 fully saturated rings. The van der Waals surface area contributed by atoms with Crippen molar-refractivity contribution in [2.24, 2.45) is 0 Å². The topological polar surface area (TPSA) is 53.6 Å². The van der Waals surface area contributed by atoms with E-state index in [-0.39, 0.29) is 5.97 Å². The predicted molar refractivity (Wildman–Crippen MR) is 116 cm³/mol. The Balaban J connectivity index is 1.57. The van der Waals surface area contributed by atoms with Crippen LogP contribution in [0.25, 0.3) is 0 Å². The Bertz CT molecular complexity index is 796. The smallest absolute Gasteiger partial charge is 0.340 e. The fourth-order valence-corrected chi connectivity index (χ4v) is 4.39. The molecule has 7 heteroatoms. The van der Waals surface area contributed by atoms with Gasteiger partial charge in [-0.2, -0.15) is 0 Å². The Labute approximate surface area is 169 Å². The van der Waals surface area contributed by atoms with Gasteiger partial charge in [-0.3, -0.25) is 4.90 Å². The van der Waals surface area contributed by atoms with Gasteiger partial charge < -0.3 is 15.4 Å². The lowest BCUT2D eigenvalue weighted by Gasteiger charge is -2.26. The molecule has 144 valence electrons. The number of anilines is 2. The number of nitrogens with one attached hydrogen (secondary N) is 2. The van der Waals surface area contributed by atoms with Crippen LogP contribution >= 0.6 is 23.6 Å². The number of likely N-dealkylation sites (tertiary alicyclic amines) is 1. The lowest BCUT2D eigenvalue weighted by molar-refractivity contribution is 0.0602. The van der Waals surface area contributed by atoms with E-state index in [0.717, 1.165) is 17.1 Å². The lowest BCUT2D eigenvalue weighted by atomic mass is 10.1. The number of nitrogens with zero attached hydrogens (tertiary/aromatic N) is 1. The minimum Gasteiger partial charge on any atom is -0.465 e. The summed E-state index contributed by atoms with van der Waals surface area (Å²) in [6.45, 7) is 5.33. The number of esters is 1. The molecule has 1 aliphatic rings. The van der Waals surface area contributed by atoms with Gasteiger partial charge in [0.15, 0.2) is 5.11 Å². The molecule has 0 aliphatic carbocycles. The van der Waals surface area contributed by atoms with Crippen molar-refractivity contribution in [1.82, 2.24) is 4.90 Å². The molecular formula is C20H25N3O2S2. The highest BCUT2D eigenvalue weighted by atomic mass is 32.1. The summed E-state index contributed by atoms with van der Waals surface area (Å²) in [6.07, 6.45) is 3.95. The van der Waals surface area contributed by atoms with Gasteiger partial charge in [0.05, 0.1) is 12.7 Å². The average molecular weight is 404 g/mol. The van der Waals surface area contributed by atoms with Gasteiger partial charge in [-0.1, -0.05) is 18.6 Å². The third kappa shape index (κ3) is 5.51. The molecule has 0 unspecified atom stereocenters. The molecule has 5 nitrogen and oxygen atoms in total. The van der Waals surface area contributed by atoms with E-state index in [9.17, 15) is 4.79 Å². The van der Waals surface area contributed by atoms with Crippen LogP contribution in [0.5, 0.6) is 0 Å². The summed E-state index contributed by atoms with van der Waals surface area (Å²) in [7, 11) is 1.38. The monoisotopic (exact) mass is 403 g/mol. The number of thiophene rings is 1. The number of hydrogen-bond donors (Lipinski definition) is 2. The minimum atomic E-state index is -0.369. The highest BCUT2D eigenvalue weighted by Crippen LogP contribution is 2.28. The number of hydrogen-bond acceptors (Lipinski definition) is 5. The molecule has 1 aromatic heterocycles. The Kier molecular flexibility index (Phi) is 6.82. The van der Waals surface area contributed by atoms with Crippen LogP contribution in [0.3, 0.4) is 0 Å². The van der Waals surface area contributed by atoms with Crippen LogP contribution in [0, 0.1) is 6.92 Å². The normalized spacial score (nSPS) is 14.6. The first-order chi connectivity index (χ1) is 13.0. The predicted octanol–water partition coefficient (Wildman–Crippen LogP) is 4.64. The molecule has 1 aromatic carbocycles. The molecule has 2 N–H and O–H groups in total. The number of thiocarbonyl (C=S) groups is 1. The van der Waals surface area contributed by atoms with Gasteiger partial charge in [-0.15, -0.1) is 11.3 Å². The Morgan fingerprint density at radius 1 is 1.19 bits per heavy atom. The minimum absolute atomic E-state index is 0.369. The van der Waals surface area contributed by atoms with Gasteiger partial charge in [0.1, 0.15) is 5.00 Å². The summed E-state index contributed by atoms with van der Waals surface area (Å²) in [6, 6.07) is 10.1. The van der Waals surface area contributed by atoms with E-state index in [0.29, 0.717) is 15.7 Å². The molecule has 0 spiro atoms. The second kappa shape index (κ2) is 9.30. The Morgan fingerprint density at radius 2 is 1.89 bits per heavy atom. The maximum absolute atomic E-state index is 11.9. The third-order valence-corrected chi connectivity index (χ3v) is 5.72. The summed E-state index contributed by atoms with van der Waals surface area (Å²) in [5.41, 5.74) is 2.73. The number of aryl methyl sites for hydroxylation is 1. The molecule has 1 aliphatic heterocycles. The standard InChI is InChI=1S/C20H25N3O2S2/c1-14-12-17(19(24)25-2)18(27-14)22-20(26)21-16-8-6-15(7-9-16)13-23-10-4-3-5-11-23/h6-9,12H,3-5,10-11,13H2,1-2H3,(H2,21,22,26). The quantitative estimate of drug-likeness (QED) is 0.560. The van der Waals surface area contributed by atoms with Crippen molar-refractivity contribution in [3.8, 4) is 0 Å². The summed E-state index contributed by atoms with van der Waals surface area (Å²) in [4.78, 5) is 15.4. The third-order valence-electron chi connectivity index (χ3n) is 4.55. The highest BCUT2D eigenvalue weighted by molar-refractivity contribution is 7.80. The number of ether oxygens (including phenoxy) is 1. The van der Waals surface area contributed by atoms with Crippen molar-refractivity contribution in [3.63, 3.8) is 0 Å². The first-order valence-corrected chi connectivity index (χ1v) is 10.4. The summed E-state index contributed by atoms with van der Waals surface area (Å²) >= 11 is 6.87. The van der Waals surface area contributed by atoms with E-state index >= 15 is 0 Å². The summed E-state index contributed by atoms with van der Waals surface area (Å²) < 4.78 is 4.83. The van der Waals surface area contributed by atoms with Crippen molar-refractivity contribution in [3.05, 3.63) is 46.3 Å². The second-order valence-electron chi connectivity index (χ2n) is 6.70. The van der Waals surface area contributed by atoms with Crippen LogP contribution in [-0.2, 0) is 11.3 Å².